The summed E-state index contributed by atoms with van der Waals surface area (Å²) in [5.74, 6) is 0. The maximum absolute atomic E-state index is 8.90. The van der Waals surface area contributed by atoms with Gasteiger partial charge in [0.25, 0.3) is 0 Å². The number of aliphatic hydroxyl groups excluding tert-OH is 1. The molecule has 0 amide bonds. The Bertz CT molecular complexity index is 443. The second-order valence-electron chi connectivity index (χ2n) is 3.15. The molecule has 2 aromatic rings. The number of nitrogens with two attached hydrogens (primary N) is 1. The summed E-state index contributed by atoms with van der Waals surface area (Å²) in [6, 6.07) is 1.95. The quantitative estimate of drug-likeness (QED) is 0.653. The van der Waals surface area contributed by atoms with Crippen molar-refractivity contribution in [2.75, 3.05) is 24.8 Å². The Balaban J connectivity index is 2.63. The highest BCUT2D eigenvalue weighted by Crippen LogP contribution is 2.23. The van der Waals surface area contributed by atoms with Crippen molar-refractivity contribution in [1.29, 1.82) is 0 Å². The summed E-state index contributed by atoms with van der Waals surface area (Å²) in [6.07, 6.45) is 3.75. The lowest BCUT2D eigenvalue weighted by molar-refractivity contribution is 0.277. The number of hydrogen-bond donors (Lipinski definition) is 3. The Hall–Kier alpha value is -1.62. The Morgan fingerprint density at radius 3 is 3.00 bits per heavy atom. The van der Waals surface area contributed by atoms with Crippen molar-refractivity contribution >= 4 is 16.7 Å². The van der Waals surface area contributed by atoms with Gasteiger partial charge >= 0.3 is 0 Å². The van der Waals surface area contributed by atoms with Crippen molar-refractivity contribution in [3.05, 3.63) is 18.5 Å². The third-order valence-corrected chi connectivity index (χ3v) is 2.32. The molecule has 0 radical (unpaired) electrons. The molecule has 0 aliphatic rings. The molecule has 2 rings (SSSR count). The van der Waals surface area contributed by atoms with Gasteiger partial charge < -0.3 is 20.8 Å². The summed E-state index contributed by atoms with van der Waals surface area (Å²) in [4.78, 5) is 0. The molecule has 0 aromatic carbocycles. The Morgan fingerprint density at radius 1 is 1.57 bits per heavy atom. The topological polar surface area (TPSA) is 68.1 Å². The fraction of sp³-hybridized carbons (Fsp3) is 0.333. The molecule has 5 nitrogen and oxygen atoms in total. The SMILES string of the molecule is CNn1ccc2c(N)cn(CCO)c21. The van der Waals surface area contributed by atoms with Gasteiger partial charge in [-0.1, -0.05) is 0 Å². The van der Waals surface area contributed by atoms with Crippen molar-refractivity contribution in [3.63, 3.8) is 0 Å². The predicted molar refractivity (Wildman–Crippen MR) is 56.7 cm³/mol. The lowest BCUT2D eigenvalue weighted by Crippen LogP contribution is -2.11. The molecule has 0 fully saturated rings. The second-order valence-corrected chi connectivity index (χ2v) is 3.15. The van der Waals surface area contributed by atoms with E-state index in [2.05, 4.69) is 5.43 Å². The highest BCUT2D eigenvalue weighted by Gasteiger charge is 2.09. The zero-order valence-corrected chi connectivity index (χ0v) is 8.07. The van der Waals surface area contributed by atoms with Gasteiger partial charge in [0.15, 0.2) is 0 Å². The lowest BCUT2D eigenvalue weighted by atomic mass is 10.4. The van der Waals surface area contributed by atoms with E-state index in [-0.39, 0.29) is 6.61 Å². The fourth-order valence-corrected chi connectivity index (χ4v) is 1.70. The van der Waals surface area contributed by atoms with Gasteiger partial charge in [0, 0.05) is 31.4 Å². The van der Waals surface area contributed by atoms with Crippen LogP contribution in [0, 0.1) is 0 Å². The Kier molecular flexibility index (Phi) is 2.09. The number of nitrogens with zero attached hydrogens (tertiary/aromatic N) is 2. The Labute approximate surface area is 81.7 Å². The molecule has 4 N–H and O–H groups in total. The van der Waals surface area contributed by atoms with Crippen molar-refractivity contribution in [3.8, 4) is 0 Å². The standard InChI is InChI=1S/C9H14N4O/c1-11-13-3-2-7-8(10)6-12(4-5-14)9(7)13/h2-3,6,11,14H,4-5,10H2,1H3. The number of rotatable bonds is 3. The fourth-order valence-electron chi connectivity index (χ4n) is 1.70. The van der Waals surface area contributed by atoms with Crippen molar-refractivity contribution in [2.24, 2.45) is 0 Å². The van der Waals surface area contributed by atoms with Crippen LogP contribution in [0.3, 0.4) is 0 Å². The highest BCUT2D eigenvalue weighted by atomic mass is 16.3. The van der Waals surface area contributed by atoms with E-state index in [1.54, 1.807) is 0 Å². The zero-order valence-electron chi connectivity index (χ0n) is 8.07. The molecule has 0 bridgehead atoms. The molecular formula is C9H14N4O. The van der Waals surface area contributed by atoms with Crippen LogP contribution in [0.2, 0.25) is 0 Å². The molecule has 2 aromatic heterocycles. The smallest absolute Gasteiger partial charge is 0.141 e. The number of aliphatic hydroxyl groups is 1. The van der Waals surface area contributed by atoms with Crippen LogP contribution in [0.15, 0.2) is 18.5 Å². The zero-order chi connectivity index (χ0) is 10.1. The minimum atomic E-state index is 0.109. The molecule has 14 heavy (non-hydrogen) atoms. The van der Waals surface area contributed by atoms with Gasteiger partial charge in [-0.3, -0.25) is 4.68 Å². The van der Waals surface area contributed by atoms with Gasteiger partial charge in [0.05, 0.1) is 12.3 Å². The van der Waals surface area contributed by atoms with Crippen LogP contribution in [0.1, 0.15) is 0 Å². The van der Waals surface area contributed by atoms with E-state index in [0.717, 1.165) is 16.7 Å². The van der Waals surface area contributed by atoms with E-state index in [4.69, 9.17) is 10.8 Å². The summed E-state index contributed by atoms with van der Waals surface area (Å²) in [6.45, 7) is 0.664. The number of aromatic nitrogens is 2. The van der Waals surface area contributed by atoms with Crippen LogP contribution in [-0.2, 0) is 6.54 Å². The summed E-state index contributed by atoms with van der Waals surface area (Å²) in [5.41, 5.74) is 10.6. The number of anilines is 1. The molecule has 0 saturated carbocycles. The highest BCUT2D eigenvalue weighted by molar-refractivity contribution is 5.90. The van der Waals surface area contributed by atoms with E-state index in [9.17, 15) is 0 Å². The summed E-state index contributed by atoms with van der Waals surface area (Å²) in [5, 5.41) is 9.91. The van der Waals surface area contributed by atoms with Gasteiger partial charge in [-0.25, -0.2) is 0 Å². The normalized spacial score (nSPS) is 11.0. The first-order valence-electron chi connectivity index (χ1n) is 4.52. The van der Waals surface area contributed by atoms with Gasteiger partial charge in [0.1, 0.15) is 5.65 Å². The third-order valence-electron chi connectivity index (χ3n) is 2.32. The molecule has 5 heteroatoms. The minimum absolute atomic E-state index is 0.109. The average molecular weight is 194 g/mol. The van der Waals surface area contributed by atoms with Crippen LogP contribution < -0.4 is 11.2 Å². The molecule has 2 heterocycles. The first-order chi connectivity index (χ1) is 6.77. The summed E-state index contributed by atoms with van der Waals surface area (Å²) >= 11 is 0. The molecule has 0 unspecified atom stereocenters. The molecule has 0 saturated heterocycles. The lowest BCUT2D eigenvalue weighted by Gasteiger charge is -2.06. The molecule has 0 spiro atoms. The number of hydrogen-bond acceptors (Lipinski definition) is 3. The average Bonchev–Trinajstić information content (AvgIpc) is 2.70. The number of fused-ring (bicyclic) bond motifs is 1. The minimum Gasteiger partial charge on any atom is -0.397 e. The number of nitrogen functional groups attached to an aromatic ring is 1. The van der Waals surface area contributed by atoms with Crippen LogP contribution in [-0.4, -0.2) is 28.0 Å². The van der Waals surface area contributed by atoms with Crippen LogP contribution in [0.5, 0.6) is 0 Å². The van der Waals surface area contributed by atoms with Crippen molar-refractivity contribution < 1.29 is 5.11 Å². The van der Waals surface area contributed by atoms with Crippen molar-refractivity contribution in [2.45, 2.75) is 6.54 Å². The van der Waals surface area contributed by atoms with Gasteiger partial charge in [-0.15, -0.1) is 0 Å². The van der Waals surface area contributed by atoms with E-state index in [1.165, 1.54) is 0 Å². The maximum atomic E-state index is 8.90. The number of nitrogens with one attached hydrogen (secondary N) is 1. The van der Waals surface area contributed by atoms with E-state index < -0.39 is 0 Å². The second kappa shape index (κ2) is 3.26. The van der Waals surface area contributed by atoms with Gasteiger partial charge in [0.2, 0.25) is 0 Å². The molecule has 0 aliphatic carbocycles. The predicted octanol–water partition coefficient (Wildman–Crippen LogP) is 0.191. The third kappa shape index (κ3) is 1.13. The van der Waals surface area contributed by atoms with Crippen molar-refractivity contribution in [1.82, 2.24) is 9.24 Å². The monoisotopic (exact) mass is 194 g/mol. The first-order valence-corrected chi connectivity index (χ1v) is 4.52. The largest absolute Gasteiger partial charge is 0.397 e. The Morgan fingerprint density at radius 2 is 2.36 bits per heavy atom. The van der Waals surface area contributed by atoms with Crippen LogP contribution >= 0.6 is 0 Å². The first kappa shape index (κ1) is 8.96. The van der Waals surface area contributed by atoms with E-state index in [1.807, 2.05) is 34.8 Å². The summed E-state index contributed by atoms with van der Waals surface area (Å²) < 4.78 is 3.81. The van der Waals surface area contributed by atoms with Crippen LogP contribution in [0.25, 0.3) is 11.0 Å². The molecule has 0 atom stereocenters. The molecular weight excluding hydrogens is 180 g/mol. The summed E-state index contributed by atoms with van der Waals surface area (Å²) in [7, 11) is 1.84. The van der Waals surface area contributed by atoms with Gasteiger partial charge in [-0.2, -0.15) is 0 Å². The van der Waals surface area contributed by atoms with Gasteiger partial charge in [-0.05, 0) is 6.07 Å². The maximum Gasteiger partial charge on any atom is 0.141 e. The molecule has 0 aliphatic heterocycles. The van der Waals surface area contributed by atoms with Crippen LogP contribution in [0.4, 0.5) is 5.69 Å². The van der Waals surface area contributed by atoms with E-state index >= 15 is 0 Å². The van der Waals surface area contributed by atoms with E-state index in [0.29, 0.717) is 6.54 Å². The molecule has 76 valence electrons.